The number of aryl methyl sites for hydroxylation is 1. The number of hydrogen-bond acceptors (Lipinski definition) is 2. The van der Waals surface area contributed by atoms with Crippen molar-refractivity contribution in [2.45, 2.75) is 39.5 Å². The van der Waals surface area contributed by atoms with Gasteiger partial charge in [0.05, 0.1) is 5.56 Å². The summed E-state index contributed by atoms with van der Waals surface area (Å²) in [7, 11) is 0. The Hall–Kier alpha value is -2.83. The Bertz CT molecular complexity index is 848. The van der Waals surface area contributed by atoms with Crippen LogP contribution in [0.5, 0.6) is 0 Å². The van der Waals surface area contributed by atoms with Gasteiger partial charge in [-0.05, 0) is 42.7 Å². The molecule has 0 heterocycles. The second-order valence-corrected chi connectivity index (χ2v) is 6.98. The minimum absolute atomic E-state index is 0.0632. The average Bonchev–Trinajstić information content (AvgIpc) is 2.63. The number of halogens is 3. The summed E-state index contributed by atoms with van der Waals surface area (Å²) < 4.78 is 38.4. The molecule has 2 rings (SSSR count). The summed E-state index contributed by atoms with van der Waals surface area (Å²) in [5.74, 6) is -1.03. The molecule has 2 aromatic rings. The molecule has 0 radical (unpaired) electrons. The Balaban J connectivity index is 2.04. The first-order valence-corrected chi connectivity index (χ1v) is 8.89. The number of rotatable bonds is 6. The Labute approximate surface area is 162 Å². The fourth-order valence-electron chi connectivity index (χ4n) is 2.70. The fourth-order valence-corrected chi connectivity index (χ4v) is 2.70. The van der Waals surface area contributed by atoms with E-state index in [0.29, 0.717) is 11.1 Å². The first-order chi connectivity index (χ1) is 13.1. The molecular formula is C21H23F3N2O2. The number of nitrogens with one attached hydrogen (secondary N) is 2. The van der Waals surface area contributed by atoms with Crippen LogP contribution in [0.1, 0.15) is 40.9 Å². The Morgan fingerprint density at radius 2 is 1.71 bits per heavy atom. The van der Waals surface area contributed by atoms with Crippen molar-refractivity contribution in [3.63, 3.8) is 0 Å². The van der Waals surface area contributed by atoms with Crippen molar-refractivity contribution < 1.29 is 22.8 Å². The Morgan fingerprint density at radius 1 is 1.04 bits per heavy atom. The molecule has 0 aromatic heterocycles. The van der Waals surface area contributed by atoms with Crippen LogP contribution in [0.4, 0.5) is 13.2 Å². The normalized spacial score (nSPS) is 12.5. The zero-order valence-electron chi connectivity index (χ0n) is 15.9. The van der Waals surface area contributed by atoms with E-state index in [1.165, 1.54) is 12.1 Å². The molecule has 4 nitrogen and oxygen atoms in total. The summed E-state index contributed by atoms with van der Waals surface area (Å²) >= 11 is 0. The van der Waals surface area contributed by atoms with Gasteiger partial charge in [-0.2, -0.15) is 13.2 Å². The van der Waals surface area contributed by atoms with E-state index < -0.39 is 23.7 Å². The van der Waals surface area contributed by atoms with E-state index in [9.17, 15) is 22.8 Å². The van der Waals surface area contributed by atoms with Gasteiger partial charge in [-0.3, -0.25) is 9.59 Å². The van der Waals surface area contributed by atoms with Gasteiger partial charge >= 0.3 is 6.18 Å². The first-order valence-electron chi connectivity index (χ1n) is 8.89. The molecule has 2 aromatic carbocycles. The molecule has 2 N–H and O–H groups in total. The zero-order valence-corrected chi connectivity index (χ0v) is 15.9. The lowest BCUT2D eigenvalue weighted by atomic mass is 10.0. The third-order valence-corrected chi connectivity index (χ3v) is 4.24. The van der Waals surface area contributed by atoms with Crippen molar-refractivity contribution in [1.82, 2.24) is 10.6 Å². The highest BCUT2D eigenvalue weighted by atomic mass is 19.4. The van der Waals surface area contributed by atoms with Crippen molar-refractivity contribution in [1.29, 1.82) is 0 Å². The van der Waals surface area contributed by atoms with Gasteiger partial charge in [0.15, 0.2) is 0 Å². The van der Waals surface area contributed by atoms with Crippen molar-refractivity contribution >= 4 is 11.8 Å². The number of alkyl halides is 3. The predicted molar refractivity (Wildman–Crippen MR) is 101 cm³/mol. The molecule has 150 valence electrons. The van der Waals surface area contributed by atoms with Crippen LogP contribution in [-0.2, 0) is 17.5 Å². The second-order valence-electron chi connectivity index (χ2n) is 6.98. The topological polar surface area (TPSA) is 58.2 Å². The van der Waals surface area contributed by atoms with Crippen molar-refractivity contribution in [3.8, 4) is 0 Å². The molecule has 0 unspecified atom stereocenters. The summed E-state index contributed by atoms with van der Waals surface area (Å²) in [6.07, 6.45) is -4.44. The van der Waals surface area contributed by atoms with Gasteiger partial charge in [-0.1, -0.05) is 43.7 Å². The van der Waals surface area contributed by atoms with Gasteiger partial charge < -0.3 is 10.6 Å². The molecule has 0 aliphatic carbocycles. The van der Waals surface area contributed by atoms with E-state index in [2.05, 4.69) is 10.6 Å². The number of hydrogen-bond donors (Lipinski definition) is 2. The third-order valence-electron chi connectivity index (χ3n) is 4.24. The van der Waals surface area contributed by atoms with Crippen LogP contribution in [0.15, 0.2) is 48.5 Å². The monoisotopic (exact) mass is 392 g/mol. The van der Waals surface area contributed by atoms with E-state index in [1.807, 2.05) is 13.0 Å². The van der Waals surface area contributed by atoms with Crippen LogP contribution in [0.3, 0.4) is 0 Å². The van der Waals surface area contributed by atoms with Crippen molar-refractivity contribution in [2.24, 2.45) is 5.92 Å². The summed E-state index contributed by atoms with van der Waals surface area (Å²) in [6, 6.07) is 10.9. The molecule has 2 amide bonds. The third kappa shape index (κ3) is 5.84. The van der Waals surface area contributed by atoms with Gasteiger partial charge in [0, 0.05) is 12.1 Å². The first kappa shape index (κ1) is 21.5. The highest BCUT2D eigenvalue weighted by Crippen LogP contribution is 2.29. The molecule has 0 saturated heterocycles. The smallest absolute Gasteiger partial charge is 0.350 e. The lowest BCUT2D eigenvalue weighted by molar-refractivity contribution is -0.137. The standard InChI is InChI=1S/C21H23F3N2O2/c1-13(2)18(26-19(27)16-8-4-6-14(3)10-16)20(28)25-12-15-7-5-9-17(11-15)21(22,23)24/h4-11,13,18H,12H2,1-3H3,(H,25,28)(H,26,27)/t18-/m0/s1. The Kier molecular flexibility index (Phi) is 6.83. The van der Waals surface area contributed by atoms with E-state index in [0.717, 1.165) is 17.7 Å². The molecule has 7 heteroatoms. The zero-order chi connectivity index (χ0) is 20.9. The van der Waals surface area contributed by atoms with Crippen molar-refractivity contribution in [2.75, 3.05) is 0 Å². The summed E-state index contributed by atoms with van der Waals surface area (Å²) in [5, 5.41) is 5.31. The highest BCUT2D eigenvalue weighted by Gasteiger charge is 2.30. The maximum atomic E-state index is 12.8. The lowest BCUT2D eigenvalue weighted by Gasteiger charge is -2.22. The molecule has 0 aliphatic rings. The molecule has 28 heavy (non-hydrogen) atoms. The maximum absolute atomic E-state index is 12.8. The molecule has 1 atom stereocenters. The van der Waals surface area contributed by atoms with Gasteiger partial charge in [-0.25, -0.2) is 0 Å². The summed E-state index contributed by atoms with van der Waals surface area (Å²) in [6.45, 7) is 5.36. The van der Waals surface area contributed by atoms with Crippen LogP contribution in [0.25, 0.3) is 0 Å². The van der Waals surface area contributed by atoms with Crippen LogP contribution in [0, 0.1) is 12.8 Å². The molecular weight excluding hydrogens is 369 g/mol. The molecule has 0 bridgehead atoms. The summed E-state index contributed by atoms with van der Waals surface area (Å²) in [5.41, 5.74) is 0.919. The van der Waals surface area contributed by atoms with Gasteiger partial charge in [0.25, 0.3) is 5.91 Å². The van der Waals surface area contributed by atoms with E-state index >= 15 is 0 Å². The number of amides is 2. The van der Waals surface area contributed by atoms with Crippen LogP contribution < -0.4 is 10.6 Å². The van der Waals surface area contributed by atoms with Crippen molar-refractivity contribution in [3.05, 3.63) is 70.8 Å². The Morgan fingerprint density at radius 3 is 2.32 bits per heavy atom. The number of carbonyl (C=O) groups excluding carboxylic acids is 2. The second kappa shape index (κ2) is 8.91. The fraction of sp³-hybridized carbons (Fsp3) is 0.333. The SMILES string of the molecule is Cc1cccc(C(=O)N[C@H](C(=O)NCc2cccc(C(F)(F)F)c2)C(C)C)c1. The van der Waals surface area contributed by atoms with E-state index in [4.69, 9.17) is 0 Å². The van der Waals surface area contributed by atoms with Gasteiger partial charge in [-0.15, -0.1) is 0 Å². The highest BCUT2D eigenvalue weighted by molar-refractivity contribution is 5.97. The van der Waals surface area contributed by atoms with Gasteiger partial charge in [0.1, 0.15) is 6.04 Å². The number of benzene rings is 2. The molecule has 0 spiro atoms. The molecule has 0 fully saturated rings. The van der Waals surface area contributed by atoms with Crippen LogP contribution in [-0.4, -0.2) is 17.9 Å². The van der Waals surface area contributed by atoms with Crippen LogP contribution >= 0.6 is 0 Å². The number of carbonyl (C=O) groups is 2. The van der Waals surface area contributed by atoms with Crippen LogP contribution in [0.2, 0.25) is 0 Å². The summed E-state index contributed by atoms with van der Waals surface area (Å²) in [4.78, 5) is 25.0. The molecule has 0 aliphatic heterocycles. The lowest BCUT2D eigenvalue weighted by Crippen LogP contribution is -2.49. The minimum atomic E-state index is -4.44. The quantitative estimate of drug-likeness (QED) is 0.778. The average molecular weight is 392 g/mol. The van der Waals surface area contributed by atoms with E-state index in [-0.39, 0.29) is 18.4 Å². The predicted octanol–water partition coefficient (Wildman–Crippen LogP) is 4.08. The van der Waals surface area contributed by atoms with E-state index in [1.54, 1.807) is 32.0 Å². The minimum Gasteiger partial charge on any atom is -0.350 e. The van der Waals surface area contributed by atoms with Gasteiger partial charge in [0.2, 0.25) is 5.91 Å². The maximum Gasteiger partial charge on any atom is 0.416 e. The molecule has 0 saturated carbocycles. The largest absolute Gasteiger partial charge is 0.416 e.